The predicted octanol–water partition coefficient (Wildman–Crippen LogP) is 3.95. The smallest absolute Gasteiger partial charge is 0.323 e. The van der Waals surface area contributed by atoms with Crippen molar-refractivity contribution in [1.82, 2.24) is 14.5 Å². The molecule has 4 aromatic rings. The van der Waals surface area contributed by atoms with Crippen LogP contribution in [0.5, 0.6) is 0 Å². The second-order valence-corrected chi connectivity index (χ2v) is 7.55. The van der Waals surface area contributed by atoms with Crippen molar-refractivity contribution in [3.05, 3.63) is 82.8 Å². The molecule has 0 aliphatic carbocycles. The average molecular weight is 457 g/mol. The van der Waals surface area contributed by atoms with Gasteiger partial charge in [0, 0.05) is 30.2 Å². The molecule has 2 heterocycles. The fourth-order valence-corrected chi connectivity index (χ4v) is 3.49. The minimum atomic E-state index is -0.502. The molecule has 0 spiro atoms. The number of ketones is 1. The molecule has 0 fully saturated rings. The molecule has 0 saturated carbocycles. The van der Waals surface area contributed by atoms with E-state index in [1.807, 2.05) is 6.07 Å². The molecule has 0 aliphatic heterocycles. The number of urea groups is 1. The molecule has 0 atom stereocenters. The first-order valence-corrected chi connectivity index (χ1v) is 10.6. The van der Waals surface area contributed by atoms with Crippen molar-refractivity contribution in [3.8, 4) is 11.5 Å². The molecule has 0 unspecified atom stereocenters. The number of fused-ring (bicyclic) bond motifs is 1. The third-order valence-corrected chi connectivity index (χ3v) is 5.15. The van der Waals surface area contributed by atoms with Gasteiger partial charge in [-0.05, 0) is 49.4 Å². The molecule has 34 heavy (non-hydrogen) atoms. The number of methoxy groups -OCH3 is 1. The van der Waals surface area contributed by atoms with Crippen LogP contribution in [-0.4, -0.2) is 40.1 Å². The van der Waals surface area contributed by atoms with Crippen LogP contribution >= 0.6 is 0 Å². The topological polar surface area (TPSA) is 115 Å². The molecule has 172 valence electrons. The van der Waals surface area contributed by atoms with Crippen LogP contribution in [0.2, 0.25) is 0 Å². The number of benzene rings is 2. The highest BCUT2D eigenvalue weighted by Gasteiger charge is 2.15. The Kier molecular flexibility index (Phi) is 6.74. The maximum absolute atomic E-state index is 13.3. The van der Waals surface area contributed by atoms with Crippen molar-refractivity contribution in [1.29, 1.82) is 0 Å². The highest BCUT2D eigenvalue weighted by Crippen LogP contribution is 2.20. The Labute approximate surface area is 195 Å². The molecule has 4 rings (SSSR count). The summed E-state index contributed by atoms with van der Waals surface area (Å²) in [5.74, 6) is 0.347. The van der Waals surface area contributed by atoms with Crippen molar-refractivity contribution in [2.24, 2.45) is 0 Å². The Morgan fingerprint density at radius 1 is 1.00 bits per heavy atom. The molecule has 2 aromatic heterocycles. The van der Waals surface area contributed by atoms with Gasteiger partial charge in [-0.3, -0.25) is 19.1 Å². The van der Waals surface area contributed by atoms with E-state index in [1.54, 1.807) is 67.9 Å². The summed E-state index contributed by atoms with van der Waals surface area (Å²) in [7, 11) is 1.56. The fourth-order valence-electron chi connectivity index (χ4n) is 3.49. The van der Waals surface area contributed by atoms with Crippen LogP contribution < -0.4 is 16.2 Å². The first-order chi connectivity index (χ1) is 16.5. The zero-order valence-electron chi connectivity index (χ0n) is 18.7. The molecular weight excluding hydrogens is 434 g/mol. The maximum Gasteiger partial charge on any atom is 0.323 e. The van der Waals surface area contributed by atoms with Gasteiger partial charge >= 0.3 is 6.03 Å². The first-order valence-electron chi connectivity index (χ1n) is 10.6. The summed E-state index contributed by atoms with van der Waals surface area (Å²) in [6.07, 6.45) is 1.64. The van der Waals surface area contributed by atoms with E-state index in [9.17, 15) is 14.4 Å². The SMILES string of the molecule is COCCn1c(-c2ccccn2)nc2ccc(NC(=O)Nc3cccc(C(C)=O)c3)cc2c1=O. The summed E-state index contributed by atoms with van der Waals surface area (Å²) in [6, 6.07) is 16.5. The van der Waals surface area contributed by atoms with Crippen LogP contribution in [0.3, 0.4) is 0 Å². The zero-order valence-corrected chi connectivity index (χ0v) is 18.7. The van der Waals surface area contributed by atoms with Crippen molar-refractivity contribution in [3.63, 3.8) is 0 Å². The molecule has 2 amide bonds. The van der Waals surface area contributed by atoms with Gasteiger partial charge in [0.05, 0.1) is 24.1 Å². The van der Waals surface area contributed by atoms with Crippen molar-refractivity contribution in [2.45, 2.75) is 13.5 Å². The molecule has 0 bridgehead atoms. The Morgan fingerprint density at radius 3 is 2.50 bits per heavy atom. The van der Waals surface area contributed by atoms with Crippen molar-refractivity contribution < 1.29 is 14.3 Å². The van der Waals surface area contributed by atoms with Crippen LogP contribution in [0.1, 0.15) is 17.3 Å². The standard InChI is InChI=1S/C25H23N5O4/c1-16(31)17-6-5-7-18(14-17)27-25(33)28-19-9-10-21-20(15-19)24(32)30(12-13-34-2)23(29-21)22-8-3-4-11-26-22/h3-11,14-15H,12-13H2,1-2H3,(H2,27,28,33). The van der Waals surface area contributed by atoms with E-state index >= 15 is 0 Å². The number of ether oxygens (including phenoxy) is 1. The summed E-state index contributed by atoms with van der Waals surface area (Å²) < 4.78 is 6.68. The summed E-state index contributed by atoms with van der Waals surface area (Å²) in [6.45, 7) is 2.09. The van der Waals surface area contributed by atoms with Gasteiger partial charge < -0.3 is 15.4 Å². The van der Waals surface area contributed by atoms with E-state index in [0.717, 1.165) is 0 Å². The molecule has 0 radical (unpaired) electrons. The van der Waals surface area contributed by atoms with Crippen LogP contribution in [-0.2, 0) is 11.3 Å². The van der Waals surface area contributed by atoms with E-state index in [0.29, 0.717) is 52.5 Å². The third kappa shape index (κ3) is 5.00. The minimum absolute atomic E-state index is 0.0964. The number of carbonyl (C=O) groups excluding carboxylic acids is 2. The van der Waals surface area contributed by atoms with Crippen molar-refractivity contribution >= 4 is 34.1 Å². The molecular formula is C25H23N5O4. The number of Topliss-reactive ketones (excluding diaryl/α,β-unsaturated/α-hetero) is 1. The van der Waals surface area contributed by atoms with Gasteiger partial charge in [0.2, 0.25) is 0 Å². The lowest BCUT2D eigenvalue weighted by Gasteiger charge is -2.14. The maximum atomic E-state index is 13.3. The number of anilines is 2. The van der Waals surface area contributed by atoms with E-state index < -0.39 is 6.03 Å². The second-order valence-electron chi connectivity index (χ2n) is 7.55. The number of hydrogen-bond donors (Lipinski definition) is 2. The number of nitrogens with one attached hydrogen (secondary N) is 2. The molecule has 0 aliphatic rings. The number of nitrogens with zero attached hydrogens (tertiary/aromatic N) is 3. The van der Waals surface area contributed by atoms with Crippen LogP contribution in [0.4, 0.5) is 16.2 Å². The summed E-state index contributed by atoms with van der Waals surface area (Å²) >= 11 is 0. The van der Waals surface area contributed by atoms with Gasteiger partial charge in [0.1, 0.15) is 5.69 Å². The number of carbonyl (C=O) groups is 2. The average Bonchev–Trinajstić information content (AvgIpc) is 2.84. The number of amides is 2. The highest BCUT2D eigenvalue weighted by molar-refractivity contribution is 6.02. The Hall–Kier alpha value is -4.37. The third-order valence-electron chi connectivity index (χ3n) is 5.15. The summed E-state index contributed by atoms with van der Waals surface area (Å²) in [4.78, 5) is 46.4. The van der Waals surface area contributed by atoms with Crippen LogP contribution in [0, 0.1) is 0 Å². The summed E-state index contributed by atoms with van der Waals surface area (Å²) in [5.41, 5.74) is 2.20. The number of hydrogen-bond acceptors (Lipinski definition) is 6. The second kappa shape index (κ2) is 10.1. The first kappa shape index (κ1) is 22.8. The molecule has 2 N–H and O–H groups in total. The molecule has 2 aromatic carbocycles. The Morgan fingerprint density at radius 2 is 1.79 bits per heavy atom. The van der Waals surface area contributed by atoms with Gasteiger partial charge in [-0.2, -0.15) is 0 Å². The lowest BCUT2D eigenvalue weighted by atomic mass is 10.1. The molecule has 9 heteroatoms. The van der Waals surface area contributed by atoms with E-state index in [4.69, 9.17) is 4.74 Å². The predicted molar refractivity (Wildman–Crippen MR) is 130 cm³/mol. The highest BCUT2D eigenvalue weighted by atomic mass is 16.5. The molecule has 9 nitrogen and oxygen atoms in total. The largest absolute Gasteiger partial charge is 0.383 e. The molecule has 0 saturated heterocycles. The van der Waals surface area contributed by atoms with E-state index in [2.05, 4.69) is 20.6 Å². The van der Waals surface area contributed by atoms with Gasteiger partial charge in [0.15, 0.2) is 11.6 Å². The van der Waals surface area contributed by atoms with Crippen LogP contribution in [0.15, 0.2) is 71.7 Å². The number of pyridine rings is 1. The zero-order chi connectivity index (χ0) is 24.1. The quantitative estimate of drug-likeness (QED) is 0.406. The van der Waals surface area contributed by atoms with Gasteiger partial charge in [-0.15, -0.1) is 0 Å². The monoisotopic (exact) mass is 457 g/mol. The van der Waals surface area contributed by atoms with Gasteiger partial charge in [-0.1, -0.05) is 18.2 Å². The van der Waals surface area contributed by atoms with E-state index in [-0.39, 0.29) is 11.3 Å². The Bertz CT molecular complexity index is 1420. The Balaban J connectivity index is 1.65. The fraction of sp³-hybridized carbons (Fsp3) is 0.160. The van der Waals surface area contributed by atoms with Gasteiger partial charge in [0.25, 0.3) is 5.56 Å². The lowest BCUT2D eigenvalue weighted by Crippen LogP contribution is -2.26. The van der Waals surface area contributed by atoms with E-state index in [1.165, 1.54) is 11.5 Å². The minimum Gasteiger partial charge on any atom is -0.383 e. The summed E-state index contributed by atoms with van der Waals surface area (Å²) in [5, 5.41) is 5.77. The normalized spacial score (nSPS) is 10.8. The number of rotatable bonds is 7. The lowest BCUT2D eigenvalue weighted by molar-refractivity contribution is 0.101. The van der Waals surface area contributed by atoms with Crippen LogP contribution in [0.25, 0.3) is 22.4 Å². The van der Waals surface area contributed by atoms with Crippen molar-refractivity contribution in [2.75, 3.05) is 24.4 Å². The number of aromatic nitrogens is 3. The van der Waals surface area contributed by atoms with Gasteiger partial charge in [-0.25, -0.2) is 9.78 Å².